The molecule has 0 heterocycles. The smallest absolute Gasteiger partial charge is 0.138 e. The number of benzene rings is 1. The van der Waals surface area contributed by atoms with Gasteiger partial charge in [0.2, 0.25) is 0 Å². The number of hydrogen-bond donors (Lipinski definition) is 1. The lowest BCUT2D eigenvalue weighted by Crippen LogP contribution is -1.90. The molecule has 0 fully saturated rings. The predicted molar refractivity (Wildman–Crippen MR) is 89.0 cm³/mol. The average molecular weight is 300 g/mol. The number of aliphatic hydroxyl groups is 1. The molecule has 0 spiro atoms. The number of aliphatic hydroxyl groups excluding tert-OH is 1. The second-order valence-electron chi connectivity index (χ2n) is 4.79. The molecule has 0 aliphatic carbocycles. The SMILES string of the molecule is COc1ccc(C#CCCCCCCC#CCO)c(OC)c1. The Labute approximate surface area is 133 Å². The molecule has 1 aromatic rings. The van der Waals surface area contributed by atoms with E-state index in [4.69, 9.17) is 14.6 Å². The van der Waals surface area contributed by atoms with Crippen molar-refractivity contribution in [1.29, 1.82) is 0 Å². The summed E-state index contributed by atoms with van der Waals surface area (Å²) >= 11 is 0. The van der Waals surface area contributed by atoms with E-state index in [-0.39, 0.29) is 6.61 Å². The molecule has 1 N–H and O–H groups in total. The molecule has 0 saturated carbocycles. The van der Waals surface area contributed by atoms with Gasteiger partial charge in [-0.05, 0) is 25.0 Å². The molecule has 0 atom stereocenters. The number of hydrogen-bond acceptors (Lipinski definition) is 3. The van der Waals surface area contributed by atoms with Gasteiger partial charge in [-0.3, -0.25) is 0 Å². The van der Waals surface area contributed by atoms with Gasteiger partial charge in [0.05, 0.1) is 19.8 Å². The van der Waals surface area contributed by atoms with E-state index in [2.05, 4.69) is 23.7 Å². The summed E-state index contributed by atoms with van der Waals surface area (Å²) in [6.45, 7) is -0.0373. The van der Waals surface area contributed by atoms with E-state index >= 15 is 0 Å². The molecule has 0 saturated heterocycles. The lowest BCUT2D eigenvalue weighted by atomic mass is 10.1. The second-order valence-corrected chi connectivity index (χ2v) is 4.79. The third-order valence-electron chi connectivity index (χ3n) is 3.19. The third kappa shape index (κ3) is 7.07. The van der Waals surface area contributed by atoms with Crippen molar-refractivity contribution in [1.82, 2.24) is 0 Å². The van der Waals surface area contributed by atoms with Crippen LogP contribution >= 0.6 is 0 Å². The molecular weight excluding hydrogens is 276 g/mol. The fourth-order valence-corrected chi connectivity index (χ4v) is 1.98. The van der Waals surface area contributed by atoms with E-state index in [1.807, 2.05) is 18.2 Å². The molecule has 0 amide bonds. The number of ether oxygens (including phenoxy) is 2. The lowest BCUT2D eigenvalue weighted by molar-refractivity contribution is 0.350. The Bertz CT molecular complexity index is 556. The van der Waals surface area contributed by atoms with Crippen molar-refractivity contribution < 1.29 is 14.6 Å². The molecule has 3 nitrogen and oxygen atoms in total. The van der Waals surface area contributed by atoms with E-state index in [0.29, 0.717) is 0 Å². The summed E-state index contributed by atoms with van der Waals surface area (Å²) in [5, 5.41) is 8.52. The topological polar surface area (TPSA) is 38.7 Å². The molecule has 1 aromatic carbocycles. The molecule has 118 valence electrons. The molecule has 0 unspecified atom stereocenters. The van der Waals surface area contributed by atoms with Crippen molar-refractivity contribution >= 4 is 0 Å². The number of rotatable bonds is 7. The number of methoxy groups -OCH3 is 2. The van der Waals surface area contributed by atoms with Crippen LogP contribution < -0.4 is 9.47 Å². The Balaban J connectivity index is 2.30. The highest BCUT2D eigenvalue weighted by Gasteiger charge is 2.01. The van der Waals surface area contributed by atoms with Crippen molar-refractivity contribution in [2.75, 3.05) is 20.8 Å². The van der Waals surface area contributed by atoms with Gasteiger partial charge in [-0.15, -0.1) is 5.92 Å². The summed E-state index contributed by atoms with van der Waals surface area (Å²) in [5.41, 5.74) is 0.891. The normalized spacial score (nSPS) is 9.23. The first-order chi connectivity index (χ1) is 10.8. The summed E-state index contributed by atoms with van der Waals surface area (Å²) in [6.07, 6.45) is 6.27. The van der Waals surface area contributed by atoms with Crippen LogP contribution in [-0.2, 0) is 0 Å². The first-order valence-corrected chi connectivity index (χ1v) is 7.59. The van der Waals surface area contributed by atoms with Gasteiger partial charge in [0.25, 0.3) is 0 Å². The Morgan fingerprint density at radius 2 is 1.64 bits per heavy atom. The monoisotopic (exact) mass is 300 g/mol. The van der Waals surface area contributed by atoms with Gasteiger partial charge in [0, 0.05) is 18.9 Å². The molecule has 3 heteroatoms. The van der Waals surface area contributed by atoms with Gasteiger partial charge in [-0.25, -0.2) is 0 Å². The minimum Gasteiger partial charge on any atom is -0.497 e. The average Bonchev–Trinajstić information content (AvgIpc) is 2.56. The van der Waals surface area contributed by atoms with Crippen molar-refractivity contribution in [3.05, 3.63) is 23.8 Å². The Kier molecular flexibility index (Phi) is 9.42. The maximum Gasteiger partial charge on any atom is 0.138 e. The van der Waals surface area contributed by atoms with Gasteiger partial charge < -0.3 is 14.6 Å². The van der Waals surface area contributed by atoms with Crippen LogP contribution in [0.25, 0.3) is 0 Å². The van der Waals surface area contributed by atoms with Crippen LogP contribution in [0.15, 0.2) is 18.2 Å². The van der Waals surface area contributed by atoms with Crippen LogP contribution in [0, 0.1) is 23.7 Å². The van der Waals surface area contributed by atoms with Gasteiger partial charge >= 0.3 is 0 Å². The van der Waals surface area contributed by atoms with Crippen LogP contribution in [0.4, 0.5) is 0 Å². The van der Waals surface area contributed by atoms with E-state index in [1.54, 1.807) is 14.2 Å². The van der Waals surface area contributed by atoms with Gasteiger partial charge in [-0.1, -0.05) is 30.6 Å². The first-order valence-electron chi connectivity index (χ1n) is 7.59. The van der Waals surface area contributed by atoms with E-state index in [0.717, 1.165) is 55.6 Å². The third-order valence-corrected chi connectivity index (χ3v) is 3.19. The van der Waals surface area contributed by atoms with Gasteiger partial charge in [-0.2, -0.15) is 0 Å². The molecule has 22 heavy (non-hydrogen) atoms. The quantitative estimate of drug-likeness (QED) is 0.619. The zero-order chi connectivity index (χ0) is 16.0. The van der Waals surface area contributed by atoms with Crippen molar-refractivity contribution in [2.24, 2.45) is 0 Å². The standard InChI is InChI=1S/C19H24O3/c1-21-18-14-13-17(19(16-18)22-2)12-10-8-6-4-3-5-7-9-11-15-20/h13-14,16,20H,3-8,15H2,1-2H3. The van der Waals surface area contributed by atoms with Crippen molar-refractivity contribution in [3.8, 4) is 35.2 Å². The van der Waals surface area contributed by atoms with Crippen molar-refractivity contribution in [2.45, 2.75) is 38.5 Å². The molecule has 0 aromatic heterocycles. The second kappa shape index (κ2) is 11.5. The Hall–Kier alpha value is -2.10. The summed E-state index contributed by atoms with van der Waals surface area (Å²) in [4.78, 5) is 0. The molecule has 0 bridgehead atoms. The highest BCUT2D eigenvalue weighted by atomic mass is 16.5. The molecule has 0 radical (unpaired) electrons. The molecule has 1 rings (SSSR count). The van der Waals surface area contributed by atoms with Crippen molar-refractivity contribution in [3.63, 3.8) is 0 Å². The highest BCUT2D eigenvalue weighted by Crippen LogP contribution is 2.23. The van der Waals surface area contributed by atoms with Crippen LogP contribution in [0.2, 0.25) is 0 Å². The zero-order valence-electron chi connectivity index (χ0n) is 13.4. The summed E-state index contributed by atoms with van der Waals surface area (Å²) < 4.78 is 10.5. The summed E-state index contributed by atoms with van der Waals surface area (Å²) in [6, 6.07) is 5.65. The maximum absolute atomic E-state index is 8.52. The Morgan fingerprint density at radius 3 is 2.27 bits per heavy atom. The van der Waals surface area contributed by atoms with E-state index < -0.39 is 0 Å². The summed E-state index contributed by atoms with van der Waals surface area (Å²) in [7, 11) is 3.27. The lowest BCUT2D eigenvalue weighted by Gasteiger charge is -2.05. The maximum atomic E-state index is 8.52. The fraction of sp³-hybridized carbons (Fsp3) is 0.474. The van der Waals surface area contributed by atoms with Crippen LogP contribution in [0.3, 0.4) is 0 Å². The van der Waals surface area contributed by atoms with Crippen LogP contribution in [0.1, 0.15) is 44.1 Å². The Morgan fingerprint density at radius 1 is 0.909 bits per heavy atom. The van der Waals surface area contributed by atoms with Crippen LogP contribution in [0.5, 0.6) is 11.5 Å². The zero-order valence-corrected chi connectivity index (χ0v) is 13.4. The van der Waals surface area contributed by atoms with Gasteiger partial charge in [0.15, 0.2) is 0 Å². The highest BCUT2D eigenvalue weighted by molar-refractivity contribution is 5.49. The minimum atomic E-state index is -0.0373. The van der Waals surface area contributed by atoms with Gasteiger partial charge in [0.1, 0.15) is 18.1 Å². The predicted octanol–water partition coefficient (Wildman–Crippen LogP) is 3.39. The fourth-order valence-electron chi connectivity index (χ4n) is 1.98. The molecule has 0 aliphatic rings. The molecular formula is C19H24O3. The minimum absolute atomic E-state index is 0.0373. The van der Waals surface area contributed by atoms with E-state index in [9.17, 15) is 0 Å². The van der Waals surface area contributed by atoms with E-state index in [1.165, 1.54) is 0 Å². The largest absolute Gasteiger partial charge is 0.497 e. The molecule has 0 aliphatic heterocycles. The first kappa shape index (κ1) is 18.0. The summed E-state index contributed by atoms with van der Waals surface area (Å²) in [5.74, 6) is 13.4. The number of unbranched alkanes of at least 4 members (excludes halogenated alkanes) is 5. The van der Waals surface area contributed by atoms with Crippen LogP contribution in [-0.4, -0.2) is 25.9 Å².